The van der Waals surface area contributed by atoms with E-state index in [4.69, 9.17) is 11.6 Å². The molecule has 0 aliphatic carbocycles. The van der Waals surface area contributed by atoms with E-state index in [9.17, 15) is 14.0 Å². The lowest BCUT2D eigenvalue weighted by atomic mass is 10.1. The predicted octanol–water partition coefficient (Wildman–Crippen LogP) is 1.02. The van der Waals surface area contributed by atoms with Crippen LogP contribution in [0.3, 0.4) is 0 Å². The average molecular weight is 355 g/mol. The Labute approximate surface area is 144 Å². The van der Waals surface area contributed by atoms with Gasteiger partial charge in [0, 0.05) is 32.2 Å². The molecular formula is C16H20ClFN4O2. The van der Waals surface area contributed by atoms with Crippen LogP contribution in [-0.2, 0) is 4.79 Å². The molecule has 6 nitrogen and oxygen atoms in total. The number of hydrazine groups is 1. The number of rotatable bonds is 2. The van der Waals surface area contributed by atoms with Gasteiger partial charge in [-0.3, -0.25) is 15.0 Å². The number of carbonyl (C=O) groups is 2. The number of amides is 2. The fourth-order valence-electron chi connectivity index (χ4n) is 3.09. The SMILES string of the molecule is CC1CC(C(=O)N2CCN(C(=O)c3c(F)cccc3Cl)CC2)NN1. The highest BCUT2D eigenvalue weighted by molar-refractivity contribution is 6.33. The van der Waals surface area contributed by atoms with Crippen LogP contribution in [0.25, 0.3) is 0 Å². The van der Waals surface area contributed by atoms with Crippen LogP contribution < -0.4 is 10.9 Å². The van der Waals surface area contributed by atoms with Crippen LogP contribution in [0.4, 0.5) is 4.39 Å². The second kappa shape index (κ2) is 7.04. The number of halogens is 2. The molecule has 0 saturated carbocycles. The van der Waals surface area contributed by atoms with Gasteiger partial charge < -0.3 is 9.80 Å². The van der Waals surface area contributed by atoms with Gasteiger partial charge in [0.05, 0.1) is 10.6 Å². The quantitative estimate of drug-likeness (QED) is 0.832. The van der Waals surface area contributed by atoms with Crippen LogP contribution in [-0.4, -0.2) is 59.9 Å². The van der Waals surface area contributed by atoms with E-state index >= 15 is 0 Å². The minimum atomic E-state index is -0.624. The zero-order valence-electron chi connectivity index (χ0n) is 13.4. The van der Waals surface area contributed by atoms with Crippen molar-refractivity contribution in [2.24, 2.45) is 0 Å². The minimum Gasteiger partial charge on any atom is -0.338 e. The summed E-state index contributed by atoms with van der Waals surface area (Å²) in [6.07, 6.45) is 0.739. The summed E-state index contributed by atoms with van der Waals surface area (Å²) < 4.78 is 13.9. The normalized spacial score (nSPS) is 24.3. The van der Waals surface area contributed by atoms with E-state index < -0.39 is 11.7 Å². The standard InChI is InChI=1S/C16H20ClFN4O2/c1-10-9-13(20-19-10)15(23)21-5-7-22(8-6-21)16(24)14-11(17)3-2-4-12(14)18/h2-4,10,13,19-20H,5-9H2,1H3. The van der Waals surface area contributed by atoms with E-state index in [2.05, 4.69) is 10.9 Å². The summed E-state index contributed by atoms with van der Waals surface area (Å²) in [6, 6.07) is 4.21. The Bertz CT molecular complexity index is 629. The maximum absolute atomic E-state index is 13.9. The topological polar surface area (TPSA) is 64.7 Å². The fourth-order valence-corrected chi connectivity index (χ4v) is 3.33. The Morgan fingerprint density at radius 2 is 1.83 bits per heavy atom. The van der Waals surface area contributed by atoms with Crippen molar-refractivity contribution in [1.29, 1.82) is 0 Å². The van der Waals surface area contributed by atoms with Gasteiger partial charge in [-0.2, -0.15) is 0 Å². The second-order valence-electron chi connectivity index (χ2n) is 6.19. The Balaban J connectivity index is 1.61. The van der Waals surface area contributed by atoms with Crippen LogP contribution >= 0.6 is 11.6 Å². The zero-order valence-corrected chi connectivity index (χ0v) is 14.1. The van der Waals surface area contributed by atoms with Gasteiger partial charge in [0.1, 0.15) is 11.9 Å². The molecule has 2 N–H and O–H groups in total. The number of hydrogen-bond acceptors (Lipinski definition) is 4. The Hall–Kier alpha value is -1.70. The van der Waals surface area contributed by atoms with Gasteiger partial charge in [-0.05, 0) is 25.5 Å². The maximum Gasteiger partial charge on any atom is 0.258 e. The molecular weight excluding hydrogens is 335 g/mol. The van der Waals surface area contributed by atoms with Crippen molar-refractivity contribution in [2.45, 2.75) is 25.4 Å². The molecule has 2 heterocycles. The highest BCUT2D eigenvalue weighted by Crippen LogP contribution is 2.21. The highest BCUT2D eigenvalue weighted by Gasteiger charge is 2.33. The molecule has 2 aliphatic heterocycles. The van der Waals surface area contributed by atoms with Crippen LogP contribution in [0.1, 0.15) is 23.7 Å². The van der Waals surface area contributed by atoms with Crippen molar-refractivity contribution in [3.05, 3.63) is 34.6 Å². The molecule has 2 saturated heterocycles. The van der Waals surface area contributed by atoms with Crippen molar-refractivity contribution in [2.75, 3.05) is 26.2 Å². The van der Waals surface area contributed by atoms with Crippen LogP contribution in [0, 0.1) is 5.82 Å². The maximum atomic E-state index is 13.9. The number of carbonyl (C=O) groups excluding carboxylic acids is 2. The smallest absolute Gasteiger partial charge is 0.258 e. The summed E-state index contributed by atoms with van der Waals surface area (Å²) >= 11 is 5.96. The molecule has 0 bridgehead atoms. The number of nitrogens with zero attached hydrogens (tertiary/aromatic N) is 2. The third kappa shape index (κ3) is 3.38. The summed E-state index contributed by atoms with van der Waals surface area (Å²) in [7, 11) is 0. The van der Waals surface area contributed by atoms with Gasteiger partial charge in [0.2, 0.25) is 5.91 Å². The first-order valence-corrected chi connectivity index (χ1v) is 8.38. The van der Waals surface area contributed by atoms with Crippen molar-refractivity contribution in [3.63, 3.8) is 0 Å². The monoisotopic (exact) mass is 354 g/mol. The van der Waals surface area contributed by atoms with Gasteiger partial charge in [0.25, 0.3) is 5.91 Å². The third-order valence-corrected chi connectivity index (χ3v) is 4.76. The highest BCUT2D eigenvalue weighted by atomic mass is 35.5. The van der Waals surface area contributed by atoms with E-state index in [1.54, 1.807) is 4.90 Å². The van der Waals surface area contributed by atoms with Gasteiger partial charge in [-0.1, -0.05) is 17.7 Å². The molecule has 24 heavy (non-hydrogen) atoms. The lowest BCUT2D eigenvalue weighted by Gasteiger charge is -2.36. The van der Waals surface area contributed by atoms with Crippen LogP contribution in [0.2, 0.25) is 5.02 Å². The lowest BCUT2D eigenvalue weighted by Crippen LogP contribution is -2.54. The van der Waals surface area contributed by atoms with Crippen LogP contribution in [0.15, 0.2) is 18.2 Å². The molecule has 0 spiro atoms. The van der Waals surface area contributed by atoms with E-state index in [0.29, 0.717) is 26.2 Å². The molecule has 2 unspecified atom stereocenters. The molecule has 130 valence electrons. The Morgan fingerprint density at radius 1 is 1.17 bits per heavy atom. The first kappa shape index (κ1) is 17.1. The summed E-state index contributed by atoms with van der Waals surface area (Å²) in [4.78, 5) is 28.2. The predicted molar refractivity (Wildman–Crippen MR) is 88.0 cm³/mol. The first-order chi connectivity index (χ1) is 11.5. The third-order valence-electron chi connectivity index (χ3n) is 4.45. The molecule has 1 aromatic rings. The molecule has 2 aliphatic rings. The van der Waals surface area contributed by atoms with Crippen molar-refractivity contribution >= 4 is 23.4 Å². The summed E-state index contributed by atoms with van der Waals surface area (Å²) in [5.41, 5.74) is 5.92. The summed E-state index contributed by atoms with van der Waals surface area (Å²) in [6.45, 7) is 3.61. The van der Waals surface area contributed by atoms with Gasteiger partial charge in [-0.25, -0.2) is 9.82 Å². The van der Waals surface area contributed by atoms with E-state index in [-0.39, 0.29) is 28.6 Å². The molecule has 2 amide bonds. The molecule has 1 aromatic carbocycles. The van der Waals surface area contributed by atoms with Gasteiger partial charge in [-0.15, -0.1) is 0 Å². The molecule has 2 atom stereocenters. The molecule has 2 fully saturated rings. The second-order valence-corrected chi connectivity index (χ2v) is 6.60. The van der Waals surface area contributed by atoms with Gasteiger partial charge in [0.15, 0.2) is 0 Å². The lowest BCUT2D eigenvalue weighted by molar-refractivity contribution is -0.134. The molecule has 0 radical (unpaired) electrons. The summed E-state index contributed by atoms with van der Waals surface area (Å²) in [5, 5.41) is 0.105. The number of benzene rings is 1. The van der Waals surface area contributed by atoms with E-state index in [1.165, 1.54) is 23.1 Å². The van der Waals surface area contributed by atoms with Gasteiger partial charge >= 0.3 is 0 Å². The number of nitrogens with one attached hydrogen (secondary N) is 2. The molecule has 8 heteroatoms. The first-order valence-electron chi connectivity index (χ1n) is 8.00. The largest absolute Gasteiger partial charge is 0.338 e. The van der Waals surface area contributed by atoms with E-state index in [1.807, 2.05) is 6.92 Å². The van der Waals surface area contributed by atoms with Crippen LogP contribution in [0.5, 0.6) is 0 Å². The Kier molecular flexibility index (Phi) is 5.03. The Morgan fingerprint density at radius 3 is 2.42 bits per heavy atom. The number of hydrogen-bond donors (Lipinski definition) is 2. The average Bonchev–Trinajstić information content (AvgIpc) is 3.00. The molecule has 3 rings (SSSR count). The molecule has 0 aromatic heterocycles. The van der Waals surface area contributed by atoms with E-state index in [0.717, 1.165) is 6.42 Å². The van der Waals surface area contributed by atoms with Crippen molar-refractivity contribution < 1.29 is 14.0 Å². The summed E-state index contributed by atoms with van der Waals surface area (Å²) in [5.74, 6) is -1.02. The minimum absolute atomic E-state index is 0.0304. The fraction of sp³-hybridized carbons (Fsp3) is 0.500. The number of piperazine rings is 1. The van der Waals surface area contributed by atoms with Crippen molar-refractivity contribution in [1.82, 2.24) is 20.7 Å². The van der Waals surface area contributed by atoms with Crippen molar-refractivity contribution in [3.8, 4) is 0 Å². The zero-order chi connectivity index (χ0) is 17.3.